The van der Waals surface area contributed by atoms with Crippen LogP contribution in [0.3, 0.4) is 0 Å². The van der Waals surface area contributed by atoms with Crippen LogP contribution in [0.25, 0.3) is 16.6 Å². The summed E-state index contributed by atoms with van der Waals surface area (Å²) in [4.78, 5) is 22.2. The van der Waals surface area contributed by atoms with E-state index >= 15 is 0 Å². The maximum Gasteiger partial charge on any atom is 0.263 e. The van der Waals surface area contributed by atoms with E-state index in [-0.39, 0.29) is 5.91 Å². The summed E-state index contributed by atoms with van der Waals surface area (Å²) in [5.41, 5.74) is 4.44. The van der Waals surface area contributed by atoms with E-state index < -0.39 is 6.10 Å². The lowest BCUT2D eigenvalue weighted by Gasteiger charge is -2.29. The molecule has 1 atom stereocenters. The van der Waals surface area contributed by atoms with Crippen LogP contribution in [0.15, 0.2) is 54.9 Å². The number of hydrogen-bond donors (Lipinski definition) is 1. The molecule has 3 aromatic rings. The number of pyridine rings is 1. The van der Waals surface area contributed by atoms with E-state index in [2.05, 4.69) is 22.1 Å². The van der Waals surface area contributed by atoms with Crippen molar-refractivity contribution in [2.75, 3.05) is 13.1 Å². The lowest BCUT2D eigenvalue weighted by Crippen LogP contribution is -2.42. The highest BCUT2D eigenvalue weighted by Gasteiger charge is 2.24. The largest absolute Gasteiger partial charge is 0.481 e. The Labute approximate surface area is 158 Å². The van der Waals surface area contributed by atoms with Crippen LogP contribution in [0.5, 0.6) is 5.75 Å². The molecule has 27 heavy (non-hydrogen) atoms. The SMILES string of the molecule is Cc1cccc(OC(C)C(=O)N2CC=C(c3c[nH]c4ncccc34)CC2)c1. The minimum Gasteiger partial charge on any atom is -0.481 e. The van der Waals surface area contributed by atoms with Crippen molar-refractivity contribution in [2.45, 2.75) is 26.4 Å². The van der Waals surface area contributed by atoms with E-state index in [1.165, 1.54) is 11.1 Å². The molecule has 0 aliphatic carbocycles. The minimum absolute atomic E-state index is 0.0207. The summed E-state index contributed by atoms with van der Waals surface area (Å²) in [6, 6.07) is 11.8. The van der Waals surface area contributed by atoms with Gasteiger partial charge in [-0.3, -0.25) is 4.79 Å². The number of hydrogen-bond acceptors (Lipinski definition) is 3. The highest BCUT2D eigenvalue weighted by atomic mass is 16.5. The molecule has 5 heteroatoms. The third-order valence-electron chi connectivity index (χ3n) is 4.97. The Hall–Kier alpha value is -3.08. The van der Waals surface area contributed by atoms with Gasteiger partial charge in [-0.25, -0.2) is 4.98 Å². The first-order valence-corrected chi connectivity index (χ1v) is 9.25. The van der Waals surface area contributed by atoms with Gasteiger partial charge in [0.15, 0.2) is 6.10 Å². The Kier molecular flexibility index (Phi) is 4.67. The summed E-state index contributed by atoms with van der Waals surface area (Å²) >= 11 is 0. The number of rotatable bonds is 4. The van der Waals surface area contributed by atoms with Crippen molar-refractivity contribution >= 4 is 22.5 Å². The van der Waals surface area contributed by atoms with Gasteiger partial charge in [0, 0.05) is 36.4 Å². The van der Waals surface area contributed by atoms with Crippen molar-refractivity contribution in [3.05, 3.63) is 66.0 Å². The lowest BCUT2D eigenvalue weighted by atomic mass is 9.99. The molecule has 5 nitrogen and oxygen atoms in total. The minimum atomic E-state index is -0.501. The fraction of sp³-hybridized carbons (Fsp3) is 0.273. The summed E-state index contributed by atoms with van der Waals surface area (Å²) in [5, 5.41) is 1.12. The summed E-state index contributed by atoms with van der Waals surface area (Å²) < 4.78 is 5.84. The van der Waals surface area contributed by atoms with Gasteiger partial charge >= 0.3 is 0 Å². The first kappa shape index (κ1) is 17.3. The van der Waals surface area contributed by atoms with Crippen molar-refractivity contribution < 1.29 is 9.53 Å². The van der Waals surface area contributed by atoms with Gasteiger partial charge in [-0.15, -0.1) is 0 Å². The van der Waals surface area contributed by atoms with Crippen LogP contribution in [-0.4, -0.2) is 40.0 Å². The summed E-state index contributed by atoms with van der Waals surface area (Å²) in [5.74, 6) is 0.753. The second-order valence-corrected chi connectivity index (χ2v) is 6.94. The average molecular weight is 361 g/mol. The molecule has 138 valence electrons. The number of H-pyrrole nitrogens is 1. The number of amides is 1. The zero-order chi connectivity index (χ0) is 18.8. The number of carbonyl (C=O) groups excluding carboxylic acids is 1. The molecule has 0 bridgehead atoms. The van der Waals surface area contributed by atoms with Crippen molar-refractivity contribution in [1.82, 2.24) is 14.9 Å². The van der Waals surface area contributed by atoms with E-state index in [0.717, 1.165) is 28.8 Å². The second-order valence-electron chi connectivity index (χ2n) is 6.94. The predicted molar refractivity (Wildman–Crippen MR) is 107 cm³/mol. The summed E-state index contributed by atoms with van der Waals surface area (Å²) in [6.45, 7) is 5.12. The molecule has 1 N–H and O–H groups in total. The van der Waals surface area contributed by atoms with Gasteiger partial charge in [-0.1, -0.05) is 18.2 Å². The first-order chi connectivity index (χ1) is 13.1. The normalized spacial score (nSPS) is 15.5. The van der Waals surface area contributed by atoms with Gasteiger partial charge < -0.3 is 14.6 Å². The number of ether oxygens (including phenoxy) is 1. The van der Waals surface area contributed by atoms with E-state index in [0.29, 0.717) is 13.1 Å². The molecule has 0 saturated carbocycles. The Morgan fingerprint density at radius 3 is 2.96 bits per heavy atom. The predicted octanol–water partition coefficient (Wildman–Crippen LogP) is 3.95. The topological polar surface area (TPSA) is 58.2 Å². The molecule has 0 fully saturated rings. The smallest absolute Gasteiger partial charge is 0.263 e. The van der Waals surface area contributed by atoms with Crippen LogP contribution in [0.4, 0.5) is 0 Å². The fourth-order valence-electron chi connectivity index (χ4n) is 3.54. The zero-order valence-corrected chi connectivity index (χ0v) is 15.6. The maximum absolute atomic E-state index is 12.7. The molecular weight excluding hydrogens is 338 g/mol. The molecule has 4 rings (SSSR count). The summed E-state index contributed by atoms with van der Waals surface area (Å²) in [7, 11) is 0. The molecule has 2 aromatic heterocycles. The van der Waals surface area contributed by atoms with Crippen molar-refractivity contribution in [3.8, 4) is 5.75 Å². The van der Waals surface area contributed by atoms with Crippen LogP contribution in [-0.2, 0) is 4.79 Å². The standard InChI is InChI=1S/C22H23N3O2/c1-15-5-3-6-18(13-15)27-16(2)22(26)25-11-8-17(9-12-25)20-14-24-21-19(20)7-4-10-23-21/h3-8,10,13-14,16H,9,11-12H2,1-2H3,(H,23,24). The molecule has 0 radical (unpaired) electrons. The fourth-order valence-corrected chi connectivity index (χ4v) is 3.54. The summed E-state index contributed by atoms with van der Waals surface area (Å²) in [6.07, 6.45) is 6.25. The van der Waals surface area contributed by atoms with E-state index in [1.807, 2.05) is 55.3 Å². The van der Waals surface area contributed by atoms with Gasteiger partial charge in [-0.05, 0) is 55.7 Å². The van der Waals surface area contributed by atoms with Crippen LogP contribution >= 0.6 is 0 Å². The number of carbonyl (C=O) groups is 1. The van der Waals surface area contributed by atoms with Gasteiger partial charge in [-0.2, -0.15) is 0 Å². The molecular formula is C22H23N3O2. The van der Waals surface area contributed by atoms with E-state index in [9.17, 15) is 4.79 Å². The molecule has 1 amide bonds. The number of fused-ring (bicyclic) bond motifs is 1. The third kappa shape index (κ3) is 3.58. The number of benzene rings is 1. The molecule has 3 heterocycles. The zero-order valence-electron chi connectivity index (χ0n) is 15.6. The lowest BCUT2D eigenvalue weighted by molar-refractivity contribution is -0.137. The molecule has 1 aliphatic heterocycles. The van der Waals surface area contributed by atoms with Crippen molar-refractivity contribution in [3.63, 3.8) is 0 Å². The van der Waals surface area contributed by atoms with Gasteiger partial charge in [0.1, 0.15) is 11.4 Å². The first-order valence-electron chi connectivity index (χ1n) is 9.25. The molecule has 1 aromatic carbocycles. The number of nitrogens with one attached hydrogen (secondary N) is 1. The molecule has 1 unspecified atom stereocenters. The highest BCUT2D eigenvalue weighted by Crippen LogP contribution is 2.28. The third-order valence-corrected chi connectivity index (χ3v) is 4.97. The Bertz CT molecular complexity index is 1010. The van der Waals surface area contributed by atoms with Crippen LogP contribution in [0.1, 0.15) is 24.5 Å². The van der Waals surface area contributed by atoms with E-state index in [1.54, 1.807) is 6.20 Å². The quantitative estimate of drug-likeness (QED) is 0.765. The van der Waals surface area contributed by atoms with Crippen LogP contribution in [0.2, 0.25) is 0 Å². The molecule has 0 spiro atoms. The monoisotopic (exact) mass is 361 g/mol. The number of nitrogens with zero attached hydrogens (tertiary/aromatic N) is 2. The van der Waals surface area contributed by atoms with Crippen molar-refractivity contribution in [2.24, 2.45) is 0 Å². The van der Waals surface area contributed by atoms with Crippen LogP contribution in [0, 0.1) is 6.92 Å². The average Bonchev–Trinajstić information content (AvgIpc) is 3.12. The molecule has 1 aliphatic rings. The Morgan fingerprint density at radius 1 is 1.30 bits per heavy atom. The van der Waals surface area contributed by atoms with Crippen LogP contribution < -0.4 is 4.74 Å². The highest BCUT2D eigenvalue weighted by molar-refractivity contribution is 5.91. The van der Waals surface area contributed by atoms with Crippen molar-refractivity contribution in [1.29, 1.82) is 0 Å². The second kappa shape index (κ2) is 7.27. The van der Waals surface area contributed by atoms with Gasteiger partial charge in [0.2, 0.25) is 0 Å². The molecule has 0 saturated heterocycles. The van der Waals surface area contributed by atoms with Gasteiger partial charge in [0.25, 0.3) is 5.91 Å². The Balaban J connectivity index is 1.44. The van der Waals surface area contributed by atoms with Gasteiger partial charge in [0.05, 0.1) is 0 Å². The number of aromatic amines is 1. The van der Waals surface area contributed by atoms with E-state index in [4.69, 9.17) is 4.74 Å². The number of aryl methyl sites for hydroxylation is 1. The number of aromatic nitrogens is 2. The maximum atomic E-state index is 12.7. The Morgan fingerprint density at radius 2 is 2.19 bits per heavy atom.